The number of pyridine rings is 1. The van der Waals surface area contributed by atoms with Crippen molar-refractivity contribution in [2.24, 2.45) is 0 Å². The van der Waals surface area contributed by atoms with Crippen LogP contribution in [0.1, 0.15) is 11.1 Å². The van der Waals surface area contributed by atoms with Gasteiger partial charge in [-0.15, -0.1) is 0 Å². The number of benzene rings is 1. The number of anilines is 1. The summed E-state index contributed by atoms with van der Waals surface area (Å²) >= 11 is 6.10. The molecule has 0 unspecified atom stereocenters. The average molecular weight is 304 g/mol. The van der Waals surface area contributed by atoms with Gasteiger partial charge in [0, 0.05) is 24.4 Å². The van der Waals surface area contributed by atoms with E-state index in [4.69, 9.17) is 26.3 Å². The third-order valence-electron chi connectivity index (χ3n) is 2.95. The molecule has 1 heterocycles. The van der Waals surface area contributed by atoms with Gasteiger partial charge in [0.05, 0.1) is 19.8 Å². The van der Waals surface area contributed by atoms with E-state index < -0.39 is 0 Å². The summed E-state index contributed by atoms with van der Waals surface area (Å²) in [6.07, 6.45) is 1.54. The minimum Gasteiger partial charge on any atom is -0.497 e. The summed E-state index contributed by atoms with van der Waals surface area (Å²) in [4.78, 5) is 4.13. The number of aromatic nitrogens is 1. The van der Waals surface area contributed by atoms with Crippen LogP contribution in [-0.2, 0) is 6.54 Å². The quantitative estimate of drug-likeness (QED) is 0.918. The molecule has 0 radical (unpaired) electrons. The molecule has 0 aliphatic carbocycles. The first-order valence-electron chi connectivity index (χ1n) is 6.19. The standard InChI is InChI=1S/C15H14ClN3O2/c1-20-12-4-3-11(13(7-12)21-2)9-19-15-14(16)10(8-17)5-6-18-15/h3-7H,9H2,1-2H3,(H,18,19). The van der Waals surface area contributed by atoms with Gasteiger partial charge in [0.15, 0.2) is 0 Å². The van der Waals surface area contributed by atoms with Crippen LogP contribution in [0.4, 0.5) is 5.82 Å². The average Bonchev–Trinajstić information content (AvgIpc) is 2.53. The van der Waals surface area contributed by atoms with Gasteiger partial charge >= 0.3 is 0 Å². The minimum absolute atomic E-state index is 0.312. The van der Waals surface area contributed by atoms with Crippen molar-refractivity contribution < 1.29 is 9.47 Å². The molecule has 6 heteroatoms. The Hall–Kier alpha value is -2.45. The van der Waals surface area contributed by atoms with E-state index in [1.54, 1.807) is 26.4 Å². The predicted octanol–water partition coefficient (Wildman–Crippen LogP) is 3.24. The van der Waals surface area contributed by atoms with Crippen LogP contribution in [0.15, 0.2) is 30.5 Å². The molecule has 0 amide bonds. The van der Waals surface area contributed by atoms with Crippen molar-refractivity contribution in [2.45, 2.75) is 6.54 Å². The van der Waals surface area contributed by atoms with Gasteiger partial charge in [-0.1, -0.05) is 11.6 Å². The molecule has 2 rings (SSSR count). The van der Waals surface area contributed by atoms with Crippen molar-refractivity contribution in [1.29, 1.82) is 5.26 Å². The number of hydrogen-bond donors (Lipinski definition) is 1. The zero-order valence-electron chi connectivity index (χ0n) is 11.7. The second-order valence-corrected chi connectivity index (χ2v) is 4.54. The fourth-order valence-corrected chi connectivity index (χ4v) is 2.05. The maximum Gasteiger partial charge on any atom is 0.146 e. The van der Waals surface area contributed by atoms with Gasteiger partial charge in [-0.25, -0.2) is 4.98 Å². The van der Waals surface area contributed by atoms with Gasteiger partial charge < -0.3 is 14.8 Å². The molecule has 0 saturated carbocycles. The molecule has 1 N–H and O–H groups in total. The van der Waals surface area contributed by atoms with Crippen molar-refractivity contribution in [3.05, 3.63) is 46.6 Å². The summed E-state index contributed by atoms with van der Waals surface area (Å²) in [5, 5.41) is 12.4. The molecule has 0 saturated heterocycles. The molecular formula is C15H14ClN3O2. The minimum atomic E-state index is 0.312. The summed E-state index contributed by atoms with van der Waals surface area (Å²) in [6.45, 7) is 0.467. The molecule has 0 atom stereocenters. The summed E-state index contributed by atoms with van der Waals surface area (Å²) < 4.78 is 10.5. The Labute approximate surface area is 128 Å². The highest BCUT2D eigenvalue weighted by Gasteiger charge is 2.09. The first kappa shape index (κ1) is 14.9. The van der Waals surface area contributed by atoms with Gasteiger partial charge in [-0.05, 0) is 18.2 Å². The zero-order valence-corrected chi connectivity index (χ0v) is 12.4. The van der Waals surface area contributed by atoms with E-state index in [9.17, 15) is 0 Å². The first-order valence-corrected chi connectivity index (χ1v) is 6.56. The van der Waals surface area contributed by atoms with Crippen molar-refractivity contribution in [3.63, 3.8) is 0 Å². The summed E-state index contributed by atoms with van der Waals surface area (Å²) in [5.74, 6) is 1.89. The molecule has 0 aliphatic rings. The maximum atomic E-state index is 8.94. The molecule has 5 nitrogen and oxygen atoms in total. The summed E-state index contributed by atoms with van der Waals surface area (Å²) in [6, 6.07) is 9.14. The Bertz CT molecular complexity index is 683. The smallest absolute Gasteiger partial charge is 0.146 e. The Balaban J connectivity index is 2.19. The lowest BCUT2D eigenvalue weighted by Gasteiger charge is -2.12. The lowest BCUT2D eigenvalue weighted by atomic mass is 10.2. The SMILES string of the molecule is COc1ccc(CNc2nccc(C#N)c2Cl)c(OC)c1. The Morgan fingerprint density at radius 2 is 2.10 bits per heavy atom. The Morgan fingerprint density at radius 3 is 2.76 bits per heavy atom. The number of rotatable bonds is 5. The highest BCUT2D eigenvalue weighted by Crippen LogP contribution is 2.27. The zero-order chi connectivity index (χ0) is 15.2. The fourth-order valence-electron chi connectivity index (χ4n) is 1.83. The number of nitrogens with one attached hydrogen (secondary N) is 1. The predicted molar refractivity (Wildman–Crippen MR) is 80.8 cm³/mol. The van der Waals surface area contributed by atoms with E-state index in [1.807, 2.05) is 18.2 Å². The van der Waals surface area contributed by atoms with Crippen LogP contribution >= 0.6 is 11.6 Å². The summed E-state index contributed by atoms with van der Waals surface area (Å²) in [7, 11) is 3.20. The van der Waals surface area contributed by atoms with E-state index in [0.717, 1.165) is 11.3 Å². The topological polar surface area (TPSA) is 67.2 Å². The van der Waals surface area contributed by atoms with E-state index in [0.29, 0.717) is 28.7 Å². The second-order valence-electron chi connectivity index (χ2n) is 4.16. The number of methoxy groups -OCH3 is 2. The molecule has 108 valence electrons. The van der Waals surface area contributed by atoms with Crippen molar-refractivity contribution in [3.8, 4) is 17.6 Å². The highest BCUT2D eigenvalue weighted by molar-refractivity contribution is 6.34. The van der Waals surface area contributed by atoms with Crippen LogP contribution in [0.2, 0.25) is 5.02 Å². The van der Waals surface area contributed by atoms with E-state index in [-0.39, 0.29) is 0 Å². The highest BCUT2D eigenvalue weighted by atomic mass is 35.5. The molecule has 0 spiro atoms. The van der Waals surface area contributed by atoms with Crippen LogP contribution in [0.25, 0.3) is 0 Å². The Kier molecular flexibility index (Phi) is 4.85. The molecule has 0 fully saturated rings. The third-order valence-corrected chi connectivity index (χ3v) is 3.33. The normalized spacial score (nSPS) is 9.81. The third kappa shape index (κ3) is 3.36. The van der Waals surface area contributed by atoms with Crippen molar-refractivity contribution >= 4 is 17.4 Å². The van der Waals surface area contributed by atoms with Gasteiger partial charge in [0.25, 0.3) is 0 Å². The van der Waals surface area contributed by atoms with Gasteiger partial charge in [-0.2, -0.15) is 5.26 Å². The molecule has 1 aromatic heterocycles. The first-order chi connectivity index (χ1) is 10.2. The maximum absolute atomic E-state index is 8.94. The van der Waals surface area contributed by atoms with Crippen LogP contribution in [-0.4, -0.2) is 19.2 Å². The number of halogens is 1. The Morgan fingerprint density at radius 1 is 1.29 bits per heavy atom. The molecule has 2 aromatic rings. The molecular weight excluding hydrogens is 290 g/mol. The lowest BCUT2D eigenvalue weighted by molar-refractivity contribution is 0.391. The van der Waals surface area contributed by atoms with Crippen molar-refractivity contribution in [2.75, 3.05) is 19.5 Å². The van der Waals surface area contributed by atoms with Gasteiger partial charge in [0.2, 0.25) is 0 Å². The lowest BCUT2D eigenvalue weighted by Crippen LogP contribution is -2.04. The molecule has 0 bridgehead atoms. The van der Waals surface area contributed by atoms with Gasteiger partial charge in [0.1, 0.15) is 28.4 Å². The monoisotopic (exact) mass is 303 g/mol. The van der Waals surface area contributed by atoms with Crippen LogP contribution in [0, 0.1) is 11.3 Å². The van der Waals surface area contributed by atoms with Crippen LogP contribution in [0.3, 0.4) is 0 Å². The van der Waals surface area contributed by atoms with Crippen molar-refractivity contribution in [1.82, 2.24) is 4.98 Å². The van der Waals surface area contributed by atoms with E-state index in [2.05, 4.69) is 10.3 Å². The van der Waals surface area contributed by atoms with Crippen LogP contribution in [0.5, 0.6) is 11.5 Å². The molecule has 1 aromatic carbocycles. The van der Waals surface area contributed by atoms with Gasteiger partial charge in [-0.3, -0.25) is 0 Å². The molecule has 0 aliphatic heterocycles. The van der Waals surface area contributed by atoms with E-state index >= 15 is 0 Å². The number of nitrogens with zero attached hydrogens (tertiary/aromatic N) is 2. The van der Waals surface area contributed by atoms with Crippen LogP contribution < -0.4 is 14.8 Å². The second kappa shape index (κ2) is 6.82. The summed E-state index contributed by atoms with van der Waals surface area (Å²) in [5.41, 5.74) is 1.31. The number of ether oxygens (including phenoxy) is 2. The number of nitriles is 1. The largest absolute Gasteiger partial charge is 0.497 e. The number of hydrogen-bond acceptors (Lipinski definition) is 5. The fraction of sp³-hybridized carbons (Fsp3) is 0.200. The van der Waals surface area contributed by atoms with E-state index in [1.165, 1.54) is 6.20 Å². The molecule has 21 heavy (non-hydrogen) atoms.